The quantitative estimate of drug-likeness (QED) is 0.863. The van der Waals surface area contributed by atoms with Crippen molar-refractivity contribution in [1.82, 2.24) is 0 Å². The van der Waals surface area contributed by atoms with Gasteiger partial charge in [-0.05, 0) is 42.2 Å². The highest BCUT2D eigenvalue weighted by Crippen LogP contribution is 2.32. The summed E-state index contributed by atoms with van der Waals surface area (Å²) in [5.41, 5.74) is 9.84. The minimum Gasteiger partial charge on any atom is -0.372 e. The molecular formula is C18H21NOS. The van der Waals surface area contributed by atoms with Gasteiger partial charge in [0.1, 0.15) is 0 Å². The van der Waals surface area contributed by atoms with Crippen LogP contribution >= 0.6 is 11.8 Å². The Bertz CT molecular complexity index is 594. The van der Waals surface area contributed by atoms with Gasteiger partial charge < -0.3 is 10.5 Å². The zero-order chi connectivity index (χ0) is 14.7. The summed E-state index contributed by atoms with van der Waals surface area (Å²) in [6.07, 6.45) is 1.23. The molecule has 3 rings (SSSR count). The highest BCUT2D eigenvalue weighted by Gasteiger charge is 2.20. The monoisotopic (exact) mass is 299 g/mol. The second kappa shape index (κ2) is 6.65. The summed E-state index contributed by atoms with van der Waals surface area (Å²) in [4.78, 5) is 1.27. The number of hydrogen-bond acceptors (Lipinski definition) is 3. The van der Waals surface area contributed by atoms with Crippen molar-refractivity contribution in [3.05, 3.63) is 65.2 Å². The normalized spacial score (nSPS) is 19.0. The van der Waals surface area contributed by atoms with E-state index in [-0.39, 0.29) is 12.1 Å². The molecule has 2 aromatic rings. The maximum absolute atomic E-state index is 5.95. The van der Waals surface area contributed by atoms with E-state index in [0.29, 0.717) is 0 Å². The Balaban J connectivity index is 1.66. The van der Waals surface area contributed by atoms with E-state index in [1.807, 2.05) is 18.7 Å². The largest absolute Gasteiger partial charge is 0.372 e. The van der Waals surface area contributed by atoms with Crippen molar-refractivity contribution in [2.45, 2.75) is 30.4 Å². The van der Waals surface area contributed by atoms with Gasteiger partial charge in [0.15, 0.2) is 0 Å². The lowest BCUT2D eigenvalue weighted by atomic mass is 9.99. The van der Waals surface area contributed by atoms with Gasteiger partial charge in [0.2, 0.25) is 0 Å². The van der Waals surface area contributed by atoms with Gasteiger partial charge in [0.05, 0.1) is 12.7 Å². The third kappa shape index (κ3) is 3.49. The Hall–Kier alpha value is -1.29. The Kier molecular flexibility index (Phi) is 4.63. The number of benzene rings is 2. The molecule has 0 aliphatic carbocycles. The van der Waals surface area contributed by atoms with Gasteiger partial charge in [0, 0.05) is 16.7 Å². The number of ether oxygens (including phenoxy) is 1. The van der Waals surface area contributed by atoms with Gasteiger partial charge >= 0.3 is 0 Å². The molecule has 1 aliphatic rings. The van der Waals surface area contributed by atoms with Gasteiger partial charge in [0.25, 0.3) is 0 Å². The smallest absolute Gasteiger partial charge is 0.0921 e. The maximum Gasteiger partial charge on any atom is 0.0921 e. The lowest BCUT2D eigenvalue weighted by Gasteiger charge is -2.25. The lowest BCUT2D eigenvalue weighted by molar-refractivity contribution is 0.0588. The average molecular weight is 299 g/mol. The highest BCUT2D eigenvalue weighted by atomic mass is 32.2. The van der Waals surface area contributed by atoms with Gasteiger partial charge in [-0.15, -0.1) is 11.8 Å². The van der Waals surface area contributed by atoms with Crippen LogP contribution in [0.25, 0.3) is 0 Å². The molecule has 2 N–H and O–H groups in total. The predicted octanol–water partition coefficient (Wildman–Crippen LogP) is 4.11. The van der Waals surface area contributed by atoms with E-state index in [4.69, 9.17) is 10.5 Å². The molecule has 110 valence electrons. The topological polar surface area (TPSA) is 35.2 Å². The molecule has 2 nitrogen and oxygen atoms in total. The summed E-state index contributed by atoms with van der Waals surface area (Å²) in [6.45, 7) is 2.83. The van der Waals surface area contributed by atoms with Crippen LogP contribution in [0.3, 0.4) is 0 Å². The van der Waals surface area contributed by atoms with Gasteiger partial charge in [-0.25, -0.2) is 0 Å². The maximum atomic E-state index is 5.95. The molecule has 0 saturated heterocycles. The van der Waals surface area contributed by atoms with Crippen LogP contribution < -0.4 is 5.73 Å². The second-order valence-electron chi connectivity index (χ2n) is 5.48. The van der Waals surface area contributed by atoms with E-state index in [2.05, 4.69) is 48.5 Å². The first kappa shape index (κ1) is 14.6. The van der Waals surface area contributed by atoms with Crippen molar-refractivity contribution < 1.29 is 4.74 Å². The van der Waals surface area contributed by atoms with Crippen molar-refractivity contribution in [3.63, 3.8) is 0 Å². The highest BCUT2D eigenvalue weighted by molar-refractivity contribution is 7.99. The standard InChI is InChI=1S/C18H21NOS/c1-13(19)14-6-8-16(9-7-14)21-12-18-17-5-3-2-4-15(17)10-11-20-18/h2-9,13,18H,10-12,19H2,1H3. The molecule has 21 heavy (non-hydrogen) atoms. The Labute approximate surface area is 130 Å². The molecule has 1 heterocycles. The molecule has 2 unspecified atom stereocenters. The van der Waals surface area contributed by atoms with Crippen molar-refractivity contribution in [1.29, 1.82) is 0 Å². The number of hydrogen-bond donors (Lipinski definition) is 1. The van der Waals surface area contributed by atoms with Crippen molar-refractivity contribution in [3.8, 4) is 0 Å². The molecule has 0 aromatic heterocycles. The summed E-state index contributed by atoms with van der Waals surface area (Å²) in [7, 11) is 0. The van der Waals surface area contributed by atoms with Crippen LogP contribution in [0.2, 0.25) is 0 Å². The van der Waals surface area contributed by atoms with Crippen molar-refractivity contribution in [2.75, 3.05) is 12.4 Å². The van der Waals surface area contributed by atoms with Gasteiger partial charge in [-0.2, -0.15) is 0 Å². The molecular weight excluding hydrogens is 278 g/mol. The second-order valence-corrected chi connectivity index (χ2v) is 6.57. The summed E-state index contributed by atoms with van der Waals surface area (Å²) >= 11 is 1.85. The number of fused-ring (bicyclic) bond motifs is 1. The zero-order valence-corrected chi connectivity index (χ0v) is 13.1. The van der Waals surface area contributed by atoms with Crippen molar-refractivity contribution in [2.24, 2.45) is 5.73 Å². The molecule has 0 saturated carbocycles. The molecule has 3 heteroatoms. The minimum absolute atomic E-state index is 0.0950. The van der Waals surface area contributed by atoms with Crippen LogP contribution in [0.4, 0.5) is 0 Å². The van der Waals surface area contributed by atoms with E-state index in [1.165, 1.54) is 21.6 Å². The third-order valence-electron chi connectivity index (χ3n) is 3.90. The fraction of sp³-hybridized carbons (Fsp3) is 0.333. The molecule has 0 amide bonds. The average Bonchev–Trinajstić information content (AvgIpc) is 2.53. The van der Waals surface area contributed by atoms with E-state index >= 15 is 0 Å². The van der Waals surface area contributed by atoms with Crippen LogP contribution in [-0.4, -0.2) is 12.4 Å². The van der Waals surface area contributed by atoms with Crippen LogP contribution in [-0.2, 0) is 11.2 Å². The van der Waals surface area contributed by atoms with Crippen LogP contribution in [0.15, 0.2) is 53.4 Å². The molecule has 1 aliphatic heterocycles. The lowest BCUT2D eigenvalue weighted by Crippen LogP contribution is -2.17. The molecule has 0 fully saturated rings. The molecule has 0 spiro atoms. The van der Waals surface area contributed by atoms with Crippen LogP contribution in [0, 0.1) is 0 Å². The minimum atomic E-state index is 0.0950. The molecule has 2 atom stereocenters. The first-order chi connectivity index (χ1) is 10.2. The molecule has 0 radical (unpaired) electrons. The fourth-order valence-electron chi connectivity index (χ4n) is 2.65. The first-order valence-corrected chi connectivity index (χ1v) is 8.40. The van der Waals surface area contributed by atoms with Gasteiger partial charge in [-0.1, -0.05) is 36.4 Å². The predicted molar refractivity (Wildman–Crippen MR) is 88.6 cm³/mol. The number of thioether (sulfide) groups is 1. The summed E-state index contributed by atoms with van der Waals surface area (Å²) < 4.78 is 5.95. The summed E-state index contributed by atoms with van der Waals surface area (Å²) in [6, 6.07) is 17.2. The number of rotatable bonds is 4. The SMILES string of the molecule is CC(N)c1ccc(SCC2OCCc3ccccc32)cc1. The Morgan fingerprint density at radius 2 is 1.95 bits per heavy atom. The van der Waals surface area contributed by atoms with E-state index < -0.39 is 0 Å². The number of nitrogens with two attached hydrogens (primary N) is 1. The van der Waals surface area contributed by atoms with E-state index in [1.54, 1.807) is 0 Å². The first-order valence-electron chi connectivity index (χ1n) is 7.42. The fourth-order valence-corrected chi connectivity index (χ4v) is 3.60. The zero-order valence-electron chi connectivity index (χ0n) is 12.3. The van der Waals surface area contributed by atoms with Crippen LogP contribution in [0.5, 0.6) is 0 Å². The molecule has 2 aromatic carbocycles. The van der Waals surface area contributed by atoms with E-state index in [9.17, 15) is 0 Å². The Morgan fingerprint density at radius 3 is 2.71 bits per heavy atom. The van der Waals surface area contributed by atoms with Crippen LogP contribution in [0.1, 0.15) is 35.8 Å². The van der Waals surface area contributed by atoms with Crippen molar-refractivity contribution >= 4 is 11.8 Å². The third-order valence-corrected chi connectivity index (χ3v) is 4.97. The summed E-state index contributed by atoms with van der Waals surface area (Å²) in [5.74, 6) is 0.953. The summed E-state index contributed by atoms with van der Waals surface area (Å²) in [5, 5.41) is 0. The Morgan fingerprint density at radius 1 is 1.19 bits per heavy atom. The van der Waals surface area contributed by atoms with Gasteiger partial charge in [-0.3, -0.25) is 0 Å². The molecule has 0 bridgehead atoms. The van der Waals surface area contributed by atoms with E-state index in [0.717, 1.165) is 18.8 Å².